The van der Waals surface area contributed by atoms with Crippen LogP contribution in [0.4, 0.5) is 5.82 Å². The van der Waals surface area contributed by atoms with Crippen LogP contribution >= 0.6 is 0 Å². The van der Waals surface area contributed by atoms with Crippen molar-refractivity contribution in [2.24, 2.45) is 0 Å². The Labute approximate surface area is 137 Å². The van der Waals surface area contributed by atoms with Gasteiger partial charge in [-0.3, -0.25) is 0 Å². The van der Waals surface area contributed by atoms with E-state index in [1.165, 1.54) is 24.0 Å². The highest BCUT2D eigenvalue weighted by Gasteiger charge is 2.28. The number of hydrogen-bond donors (Lipinski definition) is 1. The first-order valence-electron chi connectivity index (χ1n) is 8.41. The number of pyridine rings is 1. The molecule has 2 fully saturated rings. The van der Waals surface area contributed by atoms with Crippen LogP contribution in [-0.2, 0) is 0 Å². The van der Waals surface area contributed by atoms with Gasteiger partial charge in [0.2, 0.25) is 0 Å². The second kappa shape index (κ2) is 5.85. The molecule has 0 bridgehead atoms. The van der Waals surface area contributed by atoms with Crippen molar-refractivity contribution in [2.45, 2.75) is 31.3 Å². The fraction of sp³-hybridized carbons (Fsp3) is 0.421. The summed E-state index contributed by atoms with van der Waals surface area (Å²) < 4.78 is 6.19. The van der Waals surface area contributed by atoms with Crippen molar-refractivity contribution in [2.75, 3.05) is 25.9 Å². The van der Waals surface area contributed by atoms with Gasteiger partial charge in [0.1, 0.15) is 17.7 Å². The van der Waals surface area contributed by atoms with Crippen molar-refractivity contribution in [1.29, 1.82) is 0 Å². The topological polar surface area (TPSA) is 51.4 Å². The van der Waals surface area contributed by atoms with Crippen molar-refractivity contribution in [3.63, 3.8) is 0 Å². The summed E-state index contributed by atoms with van der Waals surface area (Å²) in [5, 5.41) is 0. The molecule has 1 unspecified atom stereocenters. The SMILES string of the molecule is CN1CCC(Oc2ccc(-c3cccc(N)n3)c(C3CC3)c2)C1. The van der Waals surface area contributed by atoms with Gasteiger partial charge in [0.05, 0.1) is 5.69 Å². The smallest absolute Gasteiger partial charge is 0.124 e. The number of aromatic nitrogens is 1. The zero-order valence-corrected chi connectivity index (χ0v) is 13.5. The summed E-state index contributed by atoms with van der Waals surface area (Å²) >= 11 is 0. The largest absolute Gasteiger partial charge is 0.489 e. The predicted molar refractivity (Wildman–Crippen MR) is 92.6 cm³/mol. The van der Waals surface area contributed by atoms with Gasteiger partial charge in [0, 0.05) is 18.7 Å². The molecule has 0 amide bonds. The number of ether oxygens (including phenoxy) is 1. The van der Waals surface area contributed by atoms with Crippen LogP contribution in [-0.4, -0.2) is 36.1 Å². The normalized spacial score (nSPS) is 21.5. The molecule has 1 saturated carbocycles. The van der Waals surface area contributed by atoms with Crippen LogP contribution in [0.5, 0.6) is 5.75 Å². The number of nitrogens with zero attached hydrogens (tertiary/aromatic N) is 2. The Hall–Kier alpha value is -2.07. The second-order valence-electron chi connectivity index (χ2n) is 6.76. The molecule has 4 rings (SSSR count). The number of rotatable bonds is 4. The molecule has 1 aliphatic heterocycles. The van der Waals surface area contributed by atoms with Gasteiger partial charge < -0.3 is 15.4 Å². The van der Waals surface area contributed by atoms with Crippen molar-refractivity contribution in [1.82, 2.24) is 9.88 Å². The van der Waals surface area contributed by atoms with Crippen molar-refractivity contribution in [3.8, 4) is 17.0 Å². The molecule has 4 heteroatoms. The fourth-order valence-electron chi connectivity index (χ4n) is 3.36. The average molecular weight is 309 g/mol. The van der Waals surface area contributed by atoms with E-state index in [9.17, 15) is 0 Å². The summed E-state index contributed by atoms with van der Waals surface area (Å²) in [7, 11) is 2.15. The monoisotopic (exact) mass is 309 g/mol. The highest BCUT2D eigenvalue weighted by atomic mass is 16.5. The minimum Gasteiger partial charge on any atom is -0.489 e. The number of nitrogens with two attached hydrogens (primary N) is 1. The van der Waals surface area contributed by atoms with Crippen LogP contribution < -0.4 is 10.5 Å². The number of hydrogen-bond acceptors (Lipinski definition) is 4. The summed E-state index contributed by atoms with van der Waals surface area (Å²) in [5.74, 6) is 2.20. The molecule has 0 radical (unpaired) electrons. The first kappa shape index (κ1) is 14.5. The van der Waals surface area contributed by atoms with Crippen LogP contribution in [0.15, 0.2) is 36.4 Å². The Balaban J connectivity index is 1.63. The summed E-state index contributed by atoms with van der Waals surface area (Å²) in [4.78, 5) is 6.80. The lowest BCUT2D eigenvalue weighted by atomic mass is 9.99. The van der Waals surface area contributed by atoms with Gasteiger partial charge in [-0.05, 0) is 68.1 Å². The average Bonchev–Trinajstić information content (AvgIpc) is 3.31. The van der Waals surface area contributed by atoms with Crippen molar-refractivity contribution < 1.29 is 4.74 Å². The maximum absolute atomic E-state index is 6.19. The van der Waals surface area contributed by atoms with E-state index in [0.717, 1.165) is 31.0 Å². The molecule has 1 saturated heterocycles. The third-order valence-corrected chi connectivity index (χ3v) is 4.74. The van der Waals surface area contributed by atoms with Crippen LogP contribution in [0, 0.1) is 0 Å². The quantitative estimate of drug-likeness (QED) is 0.941. The van der Waals surface area contributed by atoms with Crippen LogP contribution in [0.3, 0.4) is 0 Å². The summed E-state index contributed by atoms with van der Waals surface area (Å²) in [6.07, 6.45) is 3.92. The standard InChI is InChI=1S/C19H23N3O/c1-22-10-9-15(12-22)23-14-7-8-16(17(11-14)13-5-6-13)18-3-2-4-19(20)21-18/h2-4,7-8,11,13,15H,5-6,9-10,12H2,1H3,(H2,20,21). The molecule has 120 valence electrons. The minimum absolute atomic E-state index is 0.309. The molecule has 23 heavy (non-hydrogen) atoms. The lowest BCUT2D eigenvalue weighted by Crippen LogP contribution is -2.21. The van der Waals surface area contributed by atoms with E-state index in [-0.39, 0.29) is 0 Å². The zero-order chi connectivity index (χ0) is 15.8. The van der Waals surface area contributed by atoms with E-state index in [1.807, 2.05) is 18.2 Å². The molecule has 2 aromatic rings. The Morgan fingerprint density at radius 1 is 1.17 bits per heavy atom. The Morgan fingerprint density at radius 2 is 2.04 bits per heavy atom. The Kier molecular flexibility index (Phi) is 3.69. The number of likely N-dealkylation sites (N-methyl/N-ethyl adjacent to an activating group) is 1. The first-order chi connectivity index (χ1) is 11.2. The maximum atomic E-state index is 6.19. The lowest BCUT2D eigenvalue weighted by Gasteiger charge is -2.16. The van der Waals surface area contributed by atoms with Crippen LogP contribution in [0.2, 0.25) is 0 Å². The number of likely N-dealkylation sites (tertiary alicyclic amines) is 1. The third-order valence-electron chi connectivity index (χ3n) is 4.74. The maximum Gasteiger partial charge on any atom is 0.124 e. The number of benzene rings is 1. The molecule has 2 N–H and O–H groups in total. The number of anilines is 1. The van der Waals surface area contributed by atoms with Gasteiger partial charge in [-0.15, -0.1) is 0 Å². The molecule has 2 heterocycles. The Morgan fingerprint density at radius 3 is 2.74 bits per heavy atom. The van der Waals surface area contributed by atoms with E-state index < -0.39 is 0 Å². The van der Waals surface area contributed by atoms with E-state index in [2.05, 4.69) is 35.1 Å². The predicted octanol–water partition coefficient (Wildman–Crippen LogP) is 3.29. The van der Waals surface area contributed by atoms with Gasteiger partial charge in [0.25, 0.3) is 0 Å². The van der Waals surface area contributed by atoms with E-state index >= 15 is 0 Å². The highest BCUT2D eigenvalue weighted by Crippen LogP contribution is 2.45. The molecule has 1 aromatic carbocycles. The Bertz CT molecular complexity index is 712. The van der Waals surface area contributed by atoms with Gasteiger partial charge >= 0.3 is 0 Å². The van der Waals surface area contributed by atoms with E-state index in [1.54, 1.807) is 0 Å². The van der Waals surface area contributed by atoms with Gasteiger partial charge in [-0.1, -0.05) is 6.07 Å². The molecule has 1 aliphatic carbocycles. The van der Waals surface area contributed by atoms with Crippen molar-refractivity contribution in [3.05, 3.63) is 42.0 Å². The van der Waals surface area contributed by atoms with Gasteiger partial charge in [-0.25, -0.2) is 4.98 Å². The van der Waals surface area contributed by atoms with Gasteiger partial charge in [-0.2, -0.15) is 0 Å². The first-order valence-corrected chi connectivity index (χ1v) is 8.41. The molecular formula is C19H23N3O. The van der Waals surface area contributed by atoms with Crippen molar-refractivity contribution >= 4 is 5.82 Å². The molecule has 1 aromatic heterocycles. The fourth-order valence-corrected chi connectivity index (χ4v) is 3.36. The minimum atomic E-state index is 0.309. The molecule has 4 nitrogen and oxygen atoms in total. The molecule has 2 aliphatic rings. The summed E-state index contributed by atoms with van der Waals surface area (Å²) in [6.45, 7) is 2.13. The molecular weight excluding hydrogens is 286 g/mol. The zero-order valence-electron chi connectivity index (χ0n) is 13.5. The van der Waals surface area contributed by atoms with E-state index in [4.69, 9.17) is 10.5 Å². The van der Waals surface area contributed by atoms with Gasteiger partial charge in [0.15, 0.2) is 0 Å². The summed E-state index contributed by atoms with van der Waals surface area (Å²) in [5.41, 5.74) is 9.35. The molecule has 0 spiro atoms. The van der Waals surface area contributed by atoms with Crippen LogP contribution in [0.25, 0.3) is 11.3 Å². The number of nitrogen functional groups attached to an aromatic ring is 1. The van der Waals surface area contributed by atoms with Crippen LogP contribution in [0.1, 0.15) is 30.7 Å². The van der Waals surface area contributed by atoms with E-state index in [0.29, 0.717) is 17.8 Å². The highest BCUT2D eigenvalue weighted by molar-refractivity contribution is 5.67. The lowest BCUT2D eigenvalue weighted by molar-refractivity contribution is 0.208. The molecule has 1 atom stereocenters. The third kappa shape index (κ3) is 3.17. The summed E-state index contributed by atoms with van der Waals surface area (Å²) in [6, 6.07) is 12.3. The second-order valence-corrected chi connectivity index (χ2v) is 6.76.